The third-order valence-corrected chi connectivity index (χ3v) is 5.56. The second-order valence-electron chi connectivity index (χ2n) is 7.50. The van der Waals surface area contributed by atoms with Gasteiger partial charge in [0.2, 0.25) is 5.91 Å². The van der Waals surface area contributed by atoms with Crippen LogP contribution in [0.25, 0.3) is 10.9 Å². The highest BCUT2D eigenvalue weighted by Crippen LogP contribution is 2.27. The predicted molar refractivity (Wildman–Crippen MR) is 107 cm³/mol. The van der Waals surface area contributed by atoms with Gasteiger partial charge in [-0.1, -0.05) is 24.3 Å². The molecule has 3 aromatic rings. The van der Waals surface area contributed by atoms with Gasteiger partial charge < -0.3 is 15.6 Å². The molecule has 0 radical (unpaired) electrons. The Kier molecular flexibility index (Phi) is 5.21. The van der Waals surface area contributed by atoms with Gasteiger partial charge in [0, 0.05) is 54.5 Å². The van der Waals surface area contributed by atoms with Gasteiger partial charge >= 0.3 is 0 Å². The highest BCUT2D eigenvalue weighted by molar-refractivity contribution is 5.83. The standard InChI is InChI=1S/C22H26N4O/c23-19-8-7-17(12-19)22(27)26(15-16-4-3-10-24-13-16)11-9-18-14-25-21-6-2-1-5-20(18)21/h1-6,10,13-14,17,19,25H,7-9,11-12,15,23H2. The first kappa shape index (κ1) is 17.7. The molecule has 1 fully saturated rings. The molecular formula is C22H26N4O. The highest BCUT2D eigenvalue weighted by atomic mass is 16.2. The lowest BCUT2D eigenvalue weighted by atomic mass is 10.0. The molecule has 4 rings (SSSR count). The van der Waals surface area contributed by atoms with Gasteiger partial charge in [-0.3, -0.25) is 9.78 Å². The van der Waals surface area contributed by atoms with Crippen molar-refractivity contribution in [2.24, 2.45) is 11.7 Å². The maximum atomic E-state index is 13.2. The highest BCUT2D eigenvalue weighted by Gasteiger charge is 2.31. The SMILES string of the molecule is NC1CCC(C(=O)N(CCc2c[nH]c3ccccc23)Cc2cccnc2)C1. The van der Waals surface area contributed by atoms with Gasteiger partial charge in [-0.15, -0.1) is 0 Å². The fourth-order valence-corrected chi connectivity index (χ4v) is 4.07. The van der Waals surface area contributed by atoms with E-state index in [1.165, 1.54) is 10.9 Å². The smallest absolute Gasteiger partial charge is 0.226 e. The van der Waals surface area contributed by atoms with E-state index in [0.717, 1.165) is 36.8 Å². The lowest BCUT2D eigenvalue weighted by molar-refractivity contribution is -0.136. The predicted octanol–water partition coefficient (Wildman–Crippen LogP) is 3.26. The largest absolute Gasteiger partial charge is 0.361 e. The fourth-order valence-electron chi connectivity index (χ4n) is 4.07. The Labute approximate surface area is 159 Å². The van der Waals surface area contributed by atoms with Crippen molar-refractivity contribution in [1.82, 2.24) is 14.9 Å². The maximum absolute atomic E-state index is 13.2. The lowest BCUT2D eigenvalue weighted by Gasteiger charge is -2.26. The summed E-state index contributed by atoms with van der Waals surface area (Å²) in [7, 11) is 0. The summed E-state index contributed by atoms with van der Waals surface area (Å²) in [5.41, 5.74) is 9.49. The average Bonchev–Trinajstić information content (AvgIpc) is 3.32. The van der Waals surface area contributed by atoms with Crippen LogP contribution in [0.2, 0.25) is 0 Å². The van der Waals surface area contributed by atoms with E-state index in [2.05, 4.69) is 34.4 Å². The number of nitrogens with two attached hydrogens (primary N) is 1. The van der Waals surface area contributed by atoms with Crippen LogP contribution in [0.4, 0.5) is 0 Å². The number of hydrogen-bond acceptors (Lipinski definition) is 3. The minimum absolute atomic E-state index is 0.0552. The van der Waals surface area contributed by atoms with E-state index in [4.69, 9.17) is 5.73 Å². The summed E-state index contributed by atoms with van der Waals surface area (Å²) in [5.74, 6) is 0.284. The molecule has 1 saturated carbocycles. The number of fused-ring (bicyclic) bond motifs is 1. The number of nitrogens with one attached hydrogen (secondary N) is 1. The molecule has 0 spiro atoms. The summed E-state index contributed by atoms with van der Waals surface area (Å²) < 4.78 is 0. The van der Waals surface area contributed by atoms with E-state index >= 15 is 0 Å². The molecule has 2 atom stereocenters. The van der Waals surface area contributed by atoms with Crippen LogP contribution in [0.5, 0.6) is 0 Å². The van der Waals surface area contributed by atoms with Crippen LogP contribution in [-0.4, -0.2) is 33.4 Å². The number of nitrogens with zero attached hydrogens (tertiary/aromatic N) is 2. The first-order valence-electron chi connectivity index (χ1n) is 9.69. The number of H-pyrrole nitrogens is 1. The van der Waals surface area contributed by atoms with E-state index in [9.17, 15) is 4.79 Å². The van der Waals surface area contributed by atoms with Crippen molar-refractivity contribution in [3.8, 4) is 0 Å². The Hall–Kier alpha value is -2.66. The molecule has 27 heavy (non-hydrogen) atoms. The van der Waals surface area contributed by atoms with Gasteiger partial charge in [0.25, 0.3) is 0 Å². The number of para-hydroxylation sites is 1. The Morgan fingerprint density at radius 2 is 2.11 bits per heavy atom. The third-order valence-electron chi connectivity index (χ3n) is 5.56. The van der Waals surface area contributed by atoms with Gasteiger partial charge in [0.15, 0.2) is 0 Å². The maximum Gasteiger partial charge on any atom is 0.226 e. The minimum atomic E-state index is 0.0552. The second-order valence-corrected chi connectivity index (χ2v) is 7.50. The Balaban J connectivity index is 1.51. The van der Waals surface area contributed by atoms with Gasteiger partial charge in [0.05, 0.1) is 0 Å². The van der Waals surface area contributed by atoms with Crippen LogP contribution < -0.4 is 5.73 Å². The Morgan fingerprint density at radius 1 is 1.22 bits per heavy atom. The first-order valence-corrected chi connectivity index (χ1v) is 9.69. The quantitative estimate of drug-likeness (QED) is 0.707. The number of benzene rings is 1. The molecule has 0 aliphatic heterocycles. The molecular weight excluding hydrogens is 336 g/mol. The van der Waals surface area contributed by atoms with Gasteiger partial charge in [-0.25, -0.2) is 0 Å². The van der Waals surface area contributed by atoms with E-state index < -0.39 is 0 Å². The molecule has 1 aromatic carbocycles. The number of aromatic nitrogens is 2. The molecule has 1 aliphatic carbocycles. The monoisotopic (exact) mass is 362 g/mol. The van der Waals surface area contributed by atoms with Crippen molar-refractivity contribution in [2.75, 3.05) is 6.54 Å². The molecule has 3 N–H and O–H groups in total. The molecule has 1 amide bonds. The number of pyridine rings is 1. The number of amides is 1. The van der Waals surface area contributed by atoms with Crippen molar-refractivity contribution in [2.45, 2.75) is 38.3 Å². The number of rotatable bonds is 6. The lowest BCUT2D eigenvalue weighted by Crippen LogP contribution is -2.37. The molecule has 2 unspecified atom stereocenters. The zero-order chi connectivity index (χ0) is 18.6. The van der Waals surface area contributed by atoms with Crippen LogP contribution in [0.15, 0.2) is 55.0 Å². The molecule has 0 bridgehead atoms. The number of carbonyl (C=O) groups is 1. The number of aromatic amines is 1. The first-order chi connectivity index (χ1) is 13.2. The summed E-state index contributed by atoms with van der Waals surface area (Å²) >= 11 is 0. The van der Waals surface area contributed by atoms with Gasteiger partial charge in [-0.05, 0) is 48.9 Å². The van der Waals surface area contributed by atoms with E-state index in [-0.39, 0.29) is 17.9 Å². The summed E-state index contributed by atoms with van der Waals surface area (Å²) in [6, 6.07) is 12.4. The van der Waals surface area contributed by atoms with E-state index in [0.29, 0.717) is 13.1 Å². The number of carbonyl (C=O) groups excluding carboxylic acids is 1. The van der Waals surface area contributed by atoms with Crippen LogP contribution in [0.3, 0.4) is 0 Å². The van der Waals surface area contributed by atoms with Crippen LogP contribution in [0.1, 0.15) is 30.4 Å². The molecule has 5 nitrogen and oxygen atoms in total. The Bertz CT molecular complexity index is 905. The minimum Gasteiger partial charge on any atom is -0.361 e. The normalized spacial score (nSPS) is 19.4. The molecule has 140 valence electrons. The molecule has 0 saturated heterocycles. The van der Waals surface area contributed by atoms with Crippen molar-refractivity contribution >= 4 is 16.8 Å². The topological polar surface area (TPSA) is 75.0 Å². The van der Waals surface area contributed by atoms with Crippen molar-refractivity contribution in [3.63, 3.8) is 0 Å². The van der Waals surface area contributed by atoms with E-state index in [1.54, 1.807) is 6.20 Å². The summed E-state index contributed by atoms with van der Waals surface area (Å²) in [6.07, 6.45) is 9.13. The summed E-state index contributed by atoms with van der Waals surface area (Å²) in [4.78, 5) is 22.7. The summed E-state index contributed by atoms with van der Waals surface area (Å²) in [6.45, 7) is 1.29. The summed E-state index contributed by atoms with van der Waals surface area (Å²) in [5, 5.41) is 1.23. The molecule has 2 aromatic heterocycles. The molecule has 5 heteroatoms. The van der Waals surface area contributed by atoms with Crippen LogP contribution in [0, 0.1) is 5.92 Å². The Morgan fingerprint density at radius 3 is 2.89 bits per heavy atom. The second kappa shape index (κ2) is 7.92. The van der Waals surface area contributed by atoms with Crippen LogP contribution in [-0.2, 0) is 17.8 Å². The van der Waals surface area contributed by atoms with Crippen molar-refractivity contribution in [1.29, 1.82) is 0 Å². The zero-order valence-electron chi connectivity index (χ0n) is 15.5. The molecule has 1 aliphatic rings. The van der Waals surface area contributed by atoms with Crippen molar-refractivity contribution < 1.29 is 4.79 Å². The third kappa shape index (κ3) is 4.03. The van der Waals surface area contributed by atoms with Gasteiger partial charge in [0.1, 0.15) is 0 Å². The van der Waals surface area contributed by atoms with E-state index in [1.807, 2.05) is 29.3 Å². The zero-order valence-corrected chi connectivity index (χ0v) is 15.5. The number of hydrogen-bond donors (Lipinski definition) is 2. The average molecular weight is 362 g/mol. The fraction of sp³-hybridized carbons (Fsp3) is 0.364. The van der Waals surface area contributed by atoms with Crippen molar-refractivity contribution in [3.05, 3.63) is 66.1 Å². The molecule has 2 heterocycles. The van der Waals surface area contributed by atoms with Crippen LogP contribution >= 0.6 is 0 Å². The van der Waals surface area contributed by atoms with Gasteiger partial charge in [-0.2, -0.15) is 0 Å².